The number of nitrogens with zero attached hydrogens (tertiary/aromatic N) is 1. The molecule has 30 heavy (non-hydrogen) atoms. The van der Waals surface area contributed by atoms with Gasteiger partial charge < -0.3 is 23.7 Å². The summed E-state index contributed by atoms with van der Waals surface area (Å²) in [6.07, 6.45) is 0. The van der Waals surface area contributed by atoms with Gasteiger partial charge in [0.1, 0.15) is 0 Å². The third-order valence-corrected chi connectivity index (χ3v) is 5.09. The largest absolute Gasteiger partial charge is 0.493 e. The summed E-state index contributed by atoms with van der Waals surface area (Å²) in [5, 5.41) is 5.07. The summed E-state index contributed by atoms with van der Waals surface area (Å²) in [6, 6.07) is 8.70. The number of methoxy groups -OCH3 is 5. The van der Waals surface area contributed by atoms with Crippen molar-refractivity contribution < 1.29 is 28.5 Å². The van der Waals surface area contributed by atoms with E-state index in [0.717, 1.165) is 5.56 Å². The van der Waals surface area contributed by atoms with E-state index in [-0.39, 0.29) is 5.91 Å². The fourth-order valence-corrected chi connectivity index (χ4v) is 3.64. The van der Waals surface area contributed by atoms with Crippen molar-refractivity contribution in [3.8, 4) is 40.0 Å². The molecule has 0 bridgehead atoms. The van der Waals surface area contributed by atoms with Crippen LogP contribution in [0.5, 0.6) is 28.7 Å². The lowest BCUT2D eigenvalue weighted by atomic mass is 10.1. The Labute approximate surface area is 178 Å². The topological polar surface area (TPSA) is 88.1 Å². The number of ether oxygens (including phenoxy) is 5. The minimum atomic E-state index is -0.350. The molecule has 0 fully saturated rings. The molecule has 0 aliphatic rings. The van der Waals surface area contributed by atoms with E-state index in [1.165, 1.54) is 25.6 Å². The highest BCUT2D eigenvalue weighted by molar-refractivity contribution is 7.14. The molecule has 0 unspecified atom stereocenters. The van der Waals surface area contributed by atoms with Crippen LogP contribution in [0.25, 0.3) is 11.3 Å². The molecule has 1 amide bonds. The maximum Gasteiger partial charge on any atom is 0.261 e. The number of para-hydroxylation sites is 1. The highest BCUT2D eigenvalue weighted by Gasteiger charge is 2.19. The first-order chi connectivity index (χ1) is 14.6. The summed E-state index contributed by atoms with van der Waals surface area (Å²) in [7, 11) is 7.65. The van der Waals surface area contributed by atoms with Crippen LogP contribution < -0.4 is 29.0 Å². The van der Waals surface area contributed by atoms with Crippen molar-refractivity contribution in [1.29, 1.82) is 0 Å². The van der Waals surface area contributed by atoms with Crippen LogP contribution >= 0.6 is 11.3 Å². The van der Waals surface area contributed by atoms with Crippen molar-refractivity contribution in [2.45, 2.75) is 0 Å². The minimum Gasteiger partial charge on any atom is -0.493 e. The number of anilines is 1. The first kappa shape index (κ1) is 21.3. The summed E-state index contributed by atoms with van der Waals surface area (Å²) in [5.41, 5.74) is 1.77. The van der Waals surface area contributed by atoms with Crippen molar-refractivity contribution in [2.24, 2.45) is 0 Å². The van der Waals surface area contributed by atoms with Gasteiger partial charge in [0.2, 0.25) is 5.75 Å². The van der Waals surface area contributed by atoms with Gasteiger partial charge in [-0.3, -0.25) is 10.1 Å². The quantitative estimate of drug-likeness (QED) is 0.575. The van der Waals surface area contributed by atoms with Gasteiger partial charge in [0, 0.05) is 10.9 Å². The number of carbonyl (C=O) groups excluding carboxylic acids is 1. The van der Waals surface area contributed by atoms with Crippen LogP contribution in [0, 0.1) is 0 Å². The van der Waals surface area contributed by atoms with Crippen molar-refractivity contribution in [3.63, 3.8) is 0 Å². The van der Waals surface area contributed by atoms with Crippen LogP contribution in [0.3, 0.4) is 0 Å². The molecule has 0 aliphatic heterocycles. The Morgan fingerprint density at radius 3 is 2.07 bits per heavy atom. The first-order valence-electron chi connectivity index (χ1n) is 8.84. The standard InChI is InChI=1S/C21H22N2O6S/c1-25-15-8-6-7-13(18(15)28-4)20(24)23-21-22-14(11-30-21)12-9-16(26-2)19(29-5)17(10-12)27-3/h6-11H,1-5H3,(H,22,23,24). The molecule has 0 spiro atoms. The van der Waals surface area contributed by atoms with Gasteiger partial charge in [0.05, 0.1) is 46.8 Å². The Morgan fingerprint density at radius 2 is 1.50 bits per heavy atom. The second-order valence-corrected chi connectivity index (χ2v) is 6.81. The SMILES string of the molecule is COc1cc(-c2csc(NC(=O)c3cccc(OC)c3OC)n2)cc(OC)c1OC. The molecule has 0 saturated carbocycles. The molecule has 2 aromatic carbocycles. The van der Waals surface area contributed by atoms with Crippen molar-refractivity contribution in [2.75, 3.05) is 40.9 Å². The molecule has 0 radical (unpaired) electrons. The van der Waals surface area contributed by atoms with Crippen LogP contribution in [0.4, 0.5) is 5.13 Å². The number of aromatic nitrogens is 1. The summed E-state index contributed by atoms with van der Waals surface area (Å²) in [5.74, 6) is 2.02. The number of rotatable bonds is 8. The second-order valence-electron chi connectivity index (χ2n) is 5.95. The number of amides is 1. The molecular formula is C21H22N2O6S. The number of hydrogen-bond acceptors (Lipinski definition) is 8. The van der Waals surface area contributed by atoms with Gasteiger partial charge in [-0.25, -0.2) is 4.98 Å². The van der Waals surface area contributed by atoms with Gasteiger partial charge in [-0.1, -0.05) is 6.07 Å². The highest BCUT2D eigenvalue weighted by atomic mass is 32.1. The van der Waals surface area contributed by atoms with Gasteiger partial charge in [0.15, 0.2) is 28.1 Å². The summed E-state index contributed by atoms with van der Waals surface area (Å²) in [6.45, 7) is 0. The zero-order valence-electron chi connectivity index (χ0n) is 17.3. The molecule has 0 saturated heterocycles. The molecule has 9 heteroatoms. The average molecular weight is 430 g/mol. The van der Waals surface area contributed by atoms with Crippen molar-refractivity contribution >= 4 is 22.4 Å². The highest BCUT2D eigenvalue weighted by Crippen LogP contribution is 2.41. The number of thiazole rings is 1. The number of carbonyl (C=O) groups is 1. The number of benzene rings is 2. The van der Waals surface area contributed by atoms with Crippen LogP contribution in [0.15, 0.2) is 35.7 Å². The second kappa shape index (κ2) is 9.36. The van der Waals surface area contributed by atoms with Crippen LogP contribution in [0.1, 0.15) is 10.4 Å². The van der Waals surface area contributed by atoms with E-state index < -0.39 is 0 Å². The third-order valence-electron chi connectivity index (χ3n) is 4.33. The zero-order chi connectivity index (χ0) is 21.7. The van der Waals surface area contributed by atoms with E-state index in [1.54, 1.807) is 51.7 Å². The van der Waals surface area contributed by atoms with Gasteiger partial charge in [-0.05, 0) is 24.3 Å². The minimum absolute atomic E-state index is 0.349. The Morgan fingerprint density at radius 1 is 0.867 bits per heavy atom. The molecule has 1 aromatic heterocycles. The molecule has 8 nitrogen and oxygen atoms in total. The van der Waals surface area contributed by atoms with E-state index in [2.05, 4.69) is 10.3 Å². The molecule has 3 rings (SSSR count). The predicted octanol–water partition coefficient (Wildman–Crippen LogP) is 4.11. The van der Waals surface area contributed by atoms with Crippen LogP contribution in [-0.4, -0.2) is 46.4 Å². The fraction of sp³-hybridized carbons (Fsp3) is 0.238. The zero-order valence-corrected chi connectivity index (χ0v) is 18.1. The molecule has 1 heterocycles. The lowest BCUT2D eigenvalue weighted by Crippen LogP contribution is -2.13. The van der Waals surface area contributed by atoms with E-state index >= 15 is 0 Å². The molecule has 158 valence electrons. The molecule has 3 aromatic rings. The van der Waals surface area contributed by atoms with Crippen molar-refractivity contribution in [1.82, 2.24) is 4.98 Å². The molecular weight excluding hydrogens is 408 g/mol. The summed E-state index contributed by atoms with van der Waals surface area (Å²) >= 11 is 1.30. The van der Waals surface area contributed by atoms with Gasteiger partial charge in [-0.2, -0.15) is 0 Å². The number of nitrogens with one attached hydrogen (secondary N) is 1. The Balaban J connectivity index is 1.88. The lowest BCUT2D eigenvalue weighted by Gasteiger charge is -2.13. The molecule has 1 N–H and O–H groups in total. The van der Waals surface area contributed by atoms with E-state index in [1.807, 2.05) is 5.38 Å². The lowest BCUT2D eigenvalue weighted by molar-refractivity contribution is 0.102. The van der Waals surface area contributed by atoms with Crippen molar-refractivity contribution in [3.05, 3.63) is 41.3 Å². The van der Waals surface area contributed by atoms with E-state index in [4.69, 9.17) is 23.7 Å². The van der Waals surface area contributed by atoms with Gasteiger partial charge >= 0.3 is 0 Å². The van der Waals surface area contributed by atoms with E-state index in [0.29, 0.717) is 45.1 Å². The van der Waals surface area contributed by atoms with Gasteiger partial charge in [-0.15, -0.1) is 11.3 Å². The Kier molecular flexibility index (Phi) is 6.63. The van der Waals surface area contributed by atoms with Crippen LogP contribution in [-0.2, 0) is 0 Å². The summed E-state index contributed by atoms with van der Waals surface area (Å²) in [4.78, 5) is 17.3. The Hall–Kier alpha value is -3.46. The normalized spacial score (nSPS) is 10.3. The van der Waals surface area contributed by atoms with Gasteiger partial charge in [0.25, 0.3) is 5.91 Å². The first-order valence-corrected chi connectivity index (χ1v) is 9.72. The third kappa shape index (κ3) is 4.11. The molecule has 0 aliphatic carbocycles. The summed E-state index contributed by atoms with van der Waals surface area (Å²) < 4.78 is 26.7. The predicted molar refractivity (Wildman–Crippen MR) is 115 cm³/mol. The van der Waals surface area contributed by atoms with E-state index in [9.17, 15) is 4.79 Å². The average Bonchev–Trinajstić information content (AvgIpc) is 3.25. The Bertz CT molecular complexity index is 1020. The maximum absolute atomic E-state index is 12.8. The monoisotopic (exact) mass is 430 g/mol. The van der Waals surface area contributed by atoms with Crippen LogP contribution in [0.2, 0.25) is 0 Å². The maximum atomic E-state index is 12.8. The molecule has 0 atom stereocenters. The smallest absolute Gasteiger partial charge is 0.261 e. The fourth-order valence-electron chi connectivity index (χ4n) is 2.92. The number of hydrogen-bond donors (Lipinski definition) is 1.